The highest BCUT2D eigenvalue weighted by Gasteiger charge is 2.21. The number of hydrogen-bond acceptors (Lipinski definition) is 3. The van der Waals surface area contributed by atoms with Crippen LogP contribution in [0.5, 0.6) is 0 Å². The van der Waals surface area contributed by atoms with Crippen molar-refractivity contribution in [1.82, 2.24) is 4.31 Å². The van der Waals surface area contributed by atoms with Crippen LogP contribution in [0.25, 0.3) is 0 Å². The van der Waals surface area contributed by atoms with E-state index in [0.717, 1.165) is 0 Å². The number of hydrogen-bond donors (Lipinski definition) is 2. The maximum absolute atomic E-state index is 11.7. The standard InChI is InChI=1S/C9H21N3O2S/c1-7(2)6-15(13,14)12(4)5-8(3)9(10)11/h7-8H,5-6H2,1-4H3,(H3,10,11). The minimum atomic E-state index is -3.21. The minimum absolute atomic E-state index is 0.0154. The van der Waals surface area contributed by atoms with Crippen molar-refractivity contribution in [2.75, 3.05) is 19.3 Å². The highest BCUT2D eigenvalue weighted by atomic mass is 32.2. The molecule has 0 aliphatic rings. The molecule has 0 fully saturated rings. The van der Waals surface area contributed by atoms with Crippen molar-refractivity contribution in [2.24, 2.45) is 17.6 Å². The fourth-order valence-corrected chi connectivity index (χ4v) is 2.69. The smallest absolute Gasteiger partial charge is 0.214 e. The highest BCUT2D eigenvalue weighted by molar-refractivity contribution is 7.89. The summed E-state index contributed by atoms with van der Waals surface area (Å²) in [6, 6.07) is 0. The Morgan fingerprint density at radius 2 is 1.87 bits per heavy atom. The second-order valence-corrected chi connectivity index (χ2v) is 6.43. The lowest BCUT2D eigenvalue weighted by atomic mass is 10.2. The highest BCUT2D eigenvalue weighted by Crippen LogP contribution is 2.07. The number of nitrogens with two attached hydrogens (primary N) is 1. The van der Waals surface area contributed by atoms with Gasteiger partial charge in [0.05, 0.1) is 11.6 Å². The lowest BCUT2D eigenvalue weighted by Crippen LogP contribution is -2.37. The summed E-state index contributed by atoms with van der Waals surface area (Å²) in [6.45, 7) is 5.73. The van der Waals surface area contributed by atoms with Gasteiger partial charge in [-0.3, -0.25) is 5.41 Å². The second kappa shape index (κ2) is 5.46. The van der Waals surface area contributed by atoms with Crippen molar-refractivity contribution >= 4 is 15.9 Å². The van der Waals surface area contributed by atoms with Gasteiger partial charge in [0.1, 0.15) is 0 Å². The van der Waals surface area contributed by atoms with Gasteiger partial charge in [0.2, 0.25) is 10.0 Å². The van der Waals surface area contributed by atoms with Gasteiger partial charge in [-0.2, -0.15) is 0 Å². The van der Waals surface area contributed by atoms with Gasteiger partial charge in [-0.1, -0.05) is 20.8 Å². The van der Waals surface area contributed by atoms with E-state index in [-0.39, 0.29) is 30.0 Å². The molecule has 0 bridgehead atoms. The molecule has 0 saturated heterocycles. The van der Waals surface area contributed by atoms with Crippen LogP contribution in [0.1, 0.15) is 20.8 Å². The third-order valence-electron chi connectivity index (χ3n) is 2.08. The van der Waals surface area contributed by atoms with E-state index in [4.69, 9.17) is 11.1 Å². The zero-order valence-electron chi connectivity index (χ0n) is 9.82. The van der Waals surface area contributed by atoms with Crippen LogP contribution in [0.2, 0.25) is 0 Å². The average Bonchev–Trinajstić information content (AvgIpc) is 2.01. The van der Waals surface area contributed by atoms with Crippen molar-refractivity contribution in [1.29, 1.82) is 5.41 Å². The van der Waals surface area contributed by atoms with E-state index in [2.05, 4.69) is 0 Å². The zero-order valence-corrected chi connectivity index (χ0v) is 10.6. The van der Waals surface area contributed by atoms with Gasteiger partial charge in [-0.15, -0.1) is 0 Å². The Balaban J connectivity index is 4.44. The van der Waals surface area contributed by atoms with Gasteiger partial charge >= 0.3 is 0 Å². The third kappa shape index (κ3) is 5.13. The maximum Gasteiger partial charge on any atom is 0.214 e. The molecule has 0 aromatic carbocycles. The molecule has 0 radical (unpaired) electrons. The number of nitrogens with zero attached hydrogens (tertiary/aromatic N) is 1. The largest absolute Gasteiger partial charge is 0.387 e. The molecule has 0 spiro atoms. The summed E-state index contributed by atoms with van der Waals surface area (Å²) in [5, 5.41) is 7.20. The Labute approximate surface area is 92.2 Å². The van der Waals surface area contributed by atoms with Crippen LogP contribution in [-0.4, -0.2) is 37.9 Å². The molecule has 1 atom stereocenters. The molecule has 6 heteroatoms. The Morgan fingerprint density at radius 1 is 1.40 bits per heavy atom. The summed E-state index contributed by atoms with van der Waals surface area (Å²) in [7, 11) is -1.68. The summed E-state index contributed by atoms with van der Waals surface area (Å²) < 4.78 is 24.7. The van der Waals surface area contributed by atoms with Crippen LogP contribution in [0.15, 0.2) is 0 Å². The molecule has 3 N–H and O–H groups in total. The van der Waals surface area contributed by atoms with Crippen LogP contribution >= 0.6 is 0 Å². The molecule has 0 aliphatic heterocycles. The third-order valence-corrected chi connectivity index (χ3v) is 4.27. The molecule has 0 aromatic rings. The van der Waals surface area contributed by atoms with E-state index in [1.54, 1.807) is 6.92 Å². The molecule has 0 aromatic heterocycles. The summed E-state index contributed by atoms with van der Waals surface area (Å²) >= 11 is 0. The quantitative estimate of drug-likeness (QED) is 0.518. The molecule has 0 aliphatic carbocycles. The van der Waals surface area contributed by atoms with Crippen molar-refractivity contribution in [3.05, 3.63) is 0 Å². The Bertz CT molecular complexity index is 311. The van der Waals surface area contributed by atoms with Crippen LogP contribution < -0.4 is 5.73 Å². The summed E-state index contributed by atoms with van der Waals surface area (Å²) in [5.41, 5.74) is 5.29. The summed E-state index contributed by atoms with van der Waals surface area (Å²) in [5.74, 6) is 0.0114. The monoisotopic (exact) mass is 235 g/mol. The fraction of sp³-hybridized carbons (Fsp3) is 0.889. The van der Waals surface area contributed by atoms with E-state index < -0.39 is 10.0 Å². The average molecular weight is 235 g/mol. The molecular formula is C9H21N3O2S. The van der Waals surface area contributed by atoms with Crippen molar-refractivity contribution in [3.63, 3.8) is 0 Å². The predicted molar refractivity (Wildman–Crippen MR) is 62.3 cm³/mol. The number of sulfonamides is 1. The molecule has 1 unspecified atom stereocenters. The van der Waals surface area contributed by atoms with Crippen LogP contribution in [0.3, 0.4) is 0 Å². The van der Waals surface area contributed by atoms with Crippen molar-refractivity contribution in [3.8, 4) is 0 Å². The second-order valence-electron chi connectivity index (χ2n) is 4.31. The molecular weight excluding hydrogens is 214 g/mol. The topological polar surface area (TPSA) is 87.2 Å². The van der Waals surface area contributed by atoms with E-state index in [9.17, 15) is 8.42 Å². The molecule has 0 rings (SSSR count). The maximum atomic E-state index is 11.7. The van der Waals surface area contributed by atoms with Gasteiger partial charge in [0.25, 0.3) is 0 Å². The Hall–Kier alpha value is -0.620. The first-order valence-electron chi connectivity index (χ1n) is 4.94. The van der Waals surface area contributed by atoms with Crippen molar-refractivity contribution in [2.45, 2.75) is 20.8 Å². The number of rotatable bonds is 6. The van der Waals surface area contributed by atoms with Gasteiger partial charge in [-0.25, -0.2) is 12.7 Å². The van der Waals surface area contributed by atoms with Gasteiger partial charge in [-0.05, 0) is 5.92 Å². The minimum Gasteiger partial charge on any atom is -0.387 e. The van der Waals surface area contributed by atoms with E-state index >= 15 is 0 Å². The molecule has 5 nitrogen and oxygen atoms in total. The van der Waals surface area contributed by atoms with Crippen molar-refractivity contribution < 1.29 is 8.42 Å². The predicted octanol–water partition coefficient (Wildman–Crippen LogP) is 0.476. The van der Waals surface area contributed by atoms with Gasteiger partial charge in [0, 0.05) is 19.5 Å². The first-order valence-corrected chi connectivity index (χ1v) is 6.55. The van der Waals surface area contributed by atoms with Crippen LogP contribution in [0, 0.1) is 17.2 Å². The van der Waals surface area contributed by atoms with Gasteiger partial charge in [0.15, 0.2) is 0 Å². The van der Waals surface area contributed by atoms with Crippen LogP contribution in [0.4, 0.5) is 0 Å². The lowest BCUT2D eigenvalue weighted by Gasteiger charge is -2.21. The number of nitrogens with one attached hydrogen (secondary N) is 1. The SMILES string of the molecule is CC(C)CS(=O)(=O)N(C)CC(C)C(=N)N. The molecule has 0 heterocycles. The summed E-state index contributed by atoms with van der Waals surface area (Å²) in [6.07, 6.45) is 0. The first-order chi connectivity index (χ1) is 6.66. The molecule has 15 heavy (non-hydrogen) atoms. The first kappa shape index (κ1) is 14.4. The van der Waals surface area contributed by atoms with Gasteiger partial charge < -0.3 is 5.73 Å². The Morgan fingerprint density at radius 3 is 2.20 bits per heavy atom. The fourth-order valence-electron chi connectivity index (χ4n) is 1.15. The van der Waals surface area contributed by atoms with E-state index in [1.165, 1.54) is 11.4 Å². The molecule has 0 amide bonds. The molecule has 0 saturated carbocycles. The number of amidine groups is 1. The molecule has 90 valence electrons. The van der Waals surface area contributed by atoms with E-state index in [0.29, 0.717) is 0 Å². The lowest BCUT2D eigenvalue weighted by molar-refractivity contribution is 0.438. The Kier molecular flexibility index (Phi) is 5.23. The zero-order chi connectivity index (χ0) is 12.2. The van der Waals surface area contributed by atoms with E-state index in [1.807, 2.05) is 13.8 Å². The van der Waals surface area contributed by atoms with Crippen LogP contribution in [-0.2, 0) is 10.0 Å². The normalized spacial score (nSPS) is 14.5. The summed E-state index contributed by atoms with van der Waals surface area (Å²) in [4.78, 5) is 0.